The lowest BCUT2D eigenvalue weighted by Gasteiger charge is -2.31. The summed E-state index contributed by atoms with van der Waals surface area (Å²) in [7, 11) is -10.2. The van der Waals surface area contributed by atoms with Crippen molar-refractivity contribution in [2.24, 2.45) is 52.7 Å². The number of nitrogens with two attached hydrogens (primary N) is 1. The van der Waals surface area contributed by atoms with Crippen molar-refractivity contribution >= 4 is 105 Å². The highest BCUT2D eigenvalue weighted by molar-refractivity contribution is 7.94. The summed E-state index contributed by atoms with van der Waals surface area (Å²) >= 11 is -2.57. The summed E-state index contributed by atoms with van der Waals surface area (Å²) < 4.78 is 103. The van der Waals surface area contributed by atoms with Gasteiger partial charge in [0.2, 0.25) is 0 Å². The Kier molecular flexibility index (Phi) is 14.5. The molecule has 9 N–H and O–H groups in total. The number of aliphatic hydroxyl groups excluding tert-OH is 1. The number of aryl methyl sites for hydroxylation is 1. The number of allylic oxidation sites excluding steroid dienone is 4. The number of anilines is 1. The molecule has 72 heavy (non-hydrogen) atoms. The molecule has 0 saturated carbocycles. The highest BCUT2D eigenvalue weighted by Gasteiger charge is 2.38. The lowest BCUT2D eigenvalue weighted by atomic mass is 9.77. The predicted octanol–water partition coefficient (Wildman–Crippen LogP) is 11.8. The minimum Gasteiger partial charge on any atom is -0.509 e. The Hall–Kier alpha value is -7.64. The Morgan fingerprint density at radius 3 is 1.97 bits per heavy atom. The fraction of sp³-hybridized carbons (Fsp3) is 0.0909. The van der Waals surface area contributed by atoms with Gasteiger partial charge in [0.05, 0.1) is 50.8 Å². The molecular weight excluding hydrogens is 1020 g/mol. The number of azo groups is 4. The molecule has 0 amide bonds. The lowest BCUT2D eigenvalue weighted by Crippen LogP contribution is -2.25. The third kappa shape index (κ3) is 10.4. The summed E-state index contributed by atoms with van der Waals surface area (Å²) in [5.74, 6) is -4.31. The van der Waals surface area contributed by atoms with Gasteiger partial charge in [0, 0.05) is 17.2 Å². The van der Waals surface area contributed by atoms with Gasteiger partial charge in [-0.1, -0.05) is 53.6 Å². The monoisotopic (exact) mass is 1060 g/mol. The molecule has 28 heteroatoms. The van der Waals surface area contributed by atoms with Crippen LogP contribution >= 0.6 is 12.0 Å². The average Bonchev–Trinajstić information content (AvgIpc) is 3.33. The maximum atomic E-state index is 12.9. The molecule has 370 valence electrons. The van der Waals surface area contributed by atoms with Gasteiger partial charge in [0.1, 0.15) is 32.6 Å². The van der Waals surface area contributed by atoms with Gasteiger partial charge in [-0.05, 0) is 96.4 Å². The Balaban J connectivity index is 1.20. The average molecular weight is 1060 g/mol. The second kappa shape index (κ2) is 20.6. The van der Waals surface area contributed by atoms with E-state index in [0.29, 0.717) is 34.4 Å². The number of nitrogens with zero attached hydrogens (tertiary/aromatic N) is 8. The van der Waals surface area contributed by atoms with Crippen molar-refractivity contribution in [3.63, 3.8) is 0 Å². The summed E-state index contributed by atoms with van der Waals surface area (Å²) in [6, 6.07) is 23.0. The zero-order chi connectivity index (χ0) is 51.6. The molecule has 0 fully saturated rings. The minimum atomic E-state index is -5.22. The Labute approximate surface area is 413 Å². The molecule has 6 aromatic rings. The number of aliphatic hydroxyl groups is 1. The summed E-state index contributed by atoms with van der Waals surface area (Å²) in [4.78, 5) is -1.56. The minimum absolute atomic E-state index is 0.00938. The summed E-state index contributed by atoms with van der Waals surface area (Å²) in [6.07, 6.45) is 3.93. The molecule has 0 aromatic heterocycles. The number of fused-ring (bicyclic) bond motifs is 3. The maximum absolute atomic E-state index is 12.9. The first kappa shape index (κ1) is 50.7. The molecule has 24 nitrogen and oxygen atoms in total. The molecule has 3 atom stereocenters. The molecule has 0 radical (unpaired) electrons. The van der Waals surface area contributed by atoms with Crippen molar-refractivity contribution in [2.45, 2.75) is 23.6 Å². The van der Waals surface area contributed by atoms with Crippen molar-refractivity contribution in [3.8, 4) is 17.2 Å². The quantitative estimate of drug-likeness (QED) is 0.00900. The molecule has 0 heterocycles. The van der Waals surface area contributed by atoms with Crippen molar-refractivity contribution in [1.29, 1.82) is 0 Å². The molecule has 0 bridgehead atoms. The van der Waals surface area contributed by atoms with Crippen molar-refractivity contribution in [2.75, 3.05) is 5.73 Å². The summed E-state index contributed by atoms with van der Waals surface area (Å²) in [5.41, 5.74) is 5.54. The molecule has 0 spiro atoms. The first-order valence-corrected chi connectivity index (χ1v) is 25.0. The van der Waals surface area contributed by atoms with Gasteiger partial charge in [0.25, 0.3) is 20.2 Å². The van der Waals surface area contributed by atoms with E-state index in [1.54, 1.807) is 67.6 Å². The number of phenols is 2. The van der Waals surface area contributed by atoms with Crippen LogP contribution in [0.1, 0.15) is 12.5 Å². The zero-order valence-electron chi connectivity index (χ0n) is 36.7. The van der Waals surface area contributed by atoms with E-state index in [1.165, 1.54) is 37.3 Å². The van der Waals surface area contributed by atoms with E-state index in [2.05, 4.69) is 50.3 Å². The van der Waals surface area contributed by atoms with Gasteiger partial charge in [-0.15, -0.1) is 29.9 Å². The number of hydrogen-bond acceptors (Lipinski definition) is 22. The van der Waals surface area contributed by atoms with Crippen LogP contribution in [0, 0.1) is 18.8 Å². The van der Waals surface area contributed by atoms with Crippen LogP contribution in [-0.4, -0.2) is 55.3 Å². The van der Waals surface area contributed by atoms with Gasteiger partial charge < -0.3 is 25.2 Å². The fourth-order valence-electron chi connectivity index (χ4n) is 7.66. The molecule has 3 unspecified atom stereocenters. The van der Waals surface area contributed by atoms with Crippen LogP contribution in [0.4, 0.5) is 39.8 Å². The van der Waals surface area contributed by atoms with Crippen LogP contribution in [0.2, 0.25) is 0 Å². The third-order valence-electron chi connectivity index (χ3n) is 11.1. The van der Waals surface area contributed by atoms with E-state index >= 15 is 0 Å². The van der Waals surface area contributed by atoms with Crippen LogP contribution in [0.5, 0.6) is 17.2 Å². The largest absolute Gasteiger partial charge is 0.509 e. The fourth-order valence-corrected chi connectivity index (χ4v) is 9.80. The second-order valence-corrected chi connectivity index (χ2v) is 19.5. The normalized spacial score (nSPS) is 17.1. The van der Waals surface area contributed by atoms with Gasteiger partial charge in [-0.3, -0.25) is 13.7 Å². The number of aromatic hydroxyl groups is 2. The molecule has 2 aliphatic carbocycles. The molecule has 0 aliphatic heterocycles. The highest BCUT2D eigenvalue weighted by atomic mass is 32.2. The Bertz CT molecular complexity index is 3720. The predicted molar refractivity (Wildman–Crippen MR) is 261 cm³/mol. The summed E-state index contributed by atoms with van der Waals surface area (Å²) in [5, 5.41) is 79.9. The number of hydrogen-bond donors (Lipinski definition) is 8. The van der Waals surface area contributed by atoms with Crippen LogP contribution in [0.15, 0.2) is 188 Å². The van der Waals surface area contributed by atoms with Crippen molar-refractivity contribution in [1.82, 2.24) is 0 Å². The molecular formula is C44H35N9O15S4. The Morgan fingerprint density at radius 1 is 0.708 bits per heavy atom. The first-order valence-electron chi connectivity index (χ1n) is 20.4. The maximum Gasteiger partial charge on any atom is 0.357 e. The summed E-state index contributed by atoms with van der Waals surface area (Å²) in [6.45, 7) is 3.09. The first-order chi connectivity index (χ1) is 34.3. The smallest absolute Gasteiger partial charge is 0.357 e. The van der Waals surface area contributed by atoms with Gasteiger partial charge in [0.15, 0.2) is 22.9 Å². The van der Waals surface area contributed by atoms with E-state index in [0.717, 1.165) is 18.2 Å². The topological polar surface area (TPSA) is 380 Å². The SMILES string of the molecule is CC1=C(N=Nc2c(S(=O)(=O)O)cc3cc(OS(=O)O)c(N=Nc4ccc5c(O)c(N=Nc6ccccc6)c(SOOO)cc5c4C)c(O)c3c2N)C=CC2C(O)=C(N=Nc3ccccc3)C(S(=O)(=O)O)=CC12. The van der Waals surface area contributed by atoms with Crippen LogP contribution in [0.25, 0.3) is 21.5 Å². The standard InChI is InChI=1S/C44H35N9O15S4/c1-21-28-19-33(69-68-67-57)39(51-46-24-9-5-3-6-10-24)42(54)26(28)13-15-30(21)48-50-38-32(66-70(58)59)17-23-18-34(71(60,61)62)40(37(45)36(23)44(38)56)52-49-31-16-14-27-29(22(31)2)20-35(72(63,64)65)41(43(27)55)53-47-25-11-7-4-8-12-25/h3-20,27,29,54-57H,45H2,1-2H3,(H,58,59)(H,60,61,62)(H,63,64,65). The highest BCUT2D eigenvalue weighted by Crippen LogP contribution is 2.51. The van der Waals surface area contributed by atoms with Gasteiger partial charge >= 0.3 is 11.4 Å². The number of phenolic OH excluding ortho intramolecular Hbond substituents is 2. The third-order valence-corrected chi connectivity index (χ3v) is 13.8. The lowest BCUT2D eigenvalue weighted by molar-refractivity contribution is -0.432. The van der Waals surface area contributed by atoms with Gasteiger partial charge in [-0.2, -0.15) is 36.4 Å². The van der Waals surface area contributed by atoms with E-state index in [4.69, 9.17) is 15.2 Å². The molecule has 6 aromatic carbocycles. The Morgan fingerprint density at radius 2 is 1.35 bits per heavy atom. The van der Waals surface area contributed by atoms with E-state index < -0.39 is 93.3 Å². The van der Waals surface area contributed by atoms with Crippen molar-refractivity contribution < 1.29 is 68.8 Å². The van der Waals surface area contributed by atoms with Crippen LogP contribution < -0.4 is 9.92 Å². The van der Waals surface area contributed by atoms with E-state index in [9.17, 15) is 50.0 Å². The van der Waals surface area contributed by atoms with E-state index in [1.807, 2.05) is 0 Å². The number of rotatable bonds is 15. The number of benzene rings is 6. The molecule has 8 rings (SSSR count). The number of nitrogen functional groups attached to an aromatic ring is 1. The zero-order valence-corrected chi connectivity index (χ0v) is 40.0. The second-order valence-electron chi connectivity index (χ2n) is 15.4. The van der Waals surface area contributed by atoms with Crippen LogP contribution in [-0.2, 0) is 41.0 Å². The van der Waals surface area contributed by atoms with Crippen LogP contribution in [0.3, 0.4) is 0 Å². The molecule has 2 aliphatic rings. The molecule has 0 saturated heterocycles. The van der Waals surface area contributed by atoms with Crippen molar-refractivity contribution in [3.05, 3.63) is 142 Å². The van der Waals surface area contributed by atoms with Gasteiger partial charge in [-0.25, -0.2) is 5.26 Å². The van der Waals surface area contributed by atoms with E-state index in [-0.39, 0.29) is 49.4 Å².